The molecule has 2 amide bonds. The normalized spacial score (nSPS) is 27.3. The standard InChI is InChI=1S/C13H22N2O3S/c16-12(17)7-10-3-1-5-15(9-10)13(18)14-8-11-4-2-6-19-11/h10-11H,1-9H2,(H,14,18)(H,16,17). The van der Waals surface area contributed by atoms with Gasteiger partial charge in [0.25, 0.3) is 0 Å². The van der Waals surface area contributed by atoms with Gasteiger partial charge in [-0.05, 0) is 37.4 Å². The van der Waals surface area contributed by atoms with Crippen LogP contribution in [0.2, 0.25) is 0 Å². The second-order valence-electron chi connectivity index (χ2n) is 5.37. The Balaban J connectivity index is 1.73. The number of hydrogen-bond donors (Lipinski definition) is 2. The number of carbonyl (C=O) groups is 2. The lowest BCUT2D eigenvalue weighted by atomic mass is 9.95. The van der Waals surface area contributed by atoms with Crippen LogP contribution in [0, 0.1) is 5.92 Å². The third-order valence-electron chi connectivity index (χ3n) is 3.77. The van der Waals surface area contributed by atoms with Crippen LogP contribution < -0.4 is 5.32 Å². The number of urea groups is 1. The Labute approximate surface area is 118 Å². The first-order chi connectivity index (χ1) is 9.15. The number of hydrogen-bond acceptors (Lipinski definition) is 3. The molecule has 2 fully saturated rings. The highest BCUT2D eigenvalue weighted by Crippen LogP contribution is 2.25. The predicted octanol–water partition coefficient (Wildman–Crippen LogP) is 1.78. The van der Waals surface area contributed by atoms with Gasteiger partial charge in [-0.1, -0.05) is 0 Å². The van der Waals surface area contributed by atoms with Gasteiger partial charge in [0.15, 0.2) is 0 Å². The quantitative estimate of drug-likeness (QED) is 0.826. The van der Waals surface area contributed by atoms with Crippen molar-refractivity contribution >= 4 is 23.8 Å². The van der Waals surface area contributed by atoms with Crippen molar-refractivity contribution in [3.05, 3.63) is 0 Å². The second-order valence-corrected chi connectivity index (χ2v) is 6.78. The summed E-state index contributed by atoms with van der Waals surface area (Å²) in [7, 11) is 0. The van der Waals surface area contributed by atoms with E-state index in [0.29, 0.717) is 11.8 Å². The highest BCUT2D eigenvalue weighted by molar-refractivity contribution is 8.00. The lowest BCUT2D eigenvalue weighted by Crippen LogP contribution is -2.47. The molecule has 2 aliphatic rings. The summed E-state index contributed by atoms with van der Waals surface area (Å²) < 4.78 is 0. The van der Waals surface area contributed by atoms with Crippen LogP contribution in [-0.4, -0.2) is 52.6 Å². The third-order valence-corrected chi connectivity index (χ3v) is 5.17. The summed E-state index contributed by atoms with van der Waals surface area (Å²) in [5.74, 6) is 0.540. The van der Waals surface area contributed by atoms with Crippen LogP contribution in [0.4, 0.5) is 4.79 Å². The van der Waals surface area contributed by atoms with Gasteiger partial charge < -0.3 is 15.3 Å². The van der Waals surface area contributed by atoms with E-state index in [2.05, 4.69) is 5.32 Å². The Morgan fingerprint density at radius 2 is 2.16 bits per heavy atom. The molecule has 0 radical (unpaired) electrons. The van der Waals surface area contributed by atoms with Crippen molar-refractivity contribution < 1.29 is 14.7 Å². The van der Waals surface area contributed by atoms with E-state index >= 15 is 0 Å². The van der Waals surface area contributed by atoms with E-state index in [1.165, 1.54) is 18.6 Å². The van der Waals surface area contributed by atoms with Crippen molar-refractivity contribution in [2.24, 2.45) is 5.92 Å². The summed E-state index contributed by atoms with van der Waals surface area (Å²) in [6, 6.07) is -0.0254. The van der Waals surface area contributed by atoms with Gasteiger partial charge in [-0.2, -0.15) is 11.8 Å². The largest absolute Gasteiger partial charge is 0.481 e. The van der Waals surface area contributed by atoms with Gasteiger partial charge in [0, 0.05) is 31.3 Å². The summed E-state index contributed by atoms with van der Waals surface area (Å²) in [5, 5.41) is 12.4. The van der Waals surface area contributed by atoms with Crippen LogP contribution in [0.5, 0.6) is 0 Å². The molecule has 5 nitrogen and oxygen atoms in total. The summed E-state index contributed by atoms with van der Waals surface area (Å²) in [6.07, 6.45) is 4.42. The van der Waals surface area contributed by atoms with Crippen LogP contribution >= 0.6 is 11.8 Å². The maximum atomic E-state index is 12.0. The van der Waals surface area contributed by atoms with Crippen molar-refractivity contribution in [3.63, 3.8) is 0 Å². The third kappa shape index (κ3) is 4.60. The van der Waals surface area contributed by atoms with Gasteiger partial charge in [0.2, 0.25) is 0 Å². The van der Waals surface area contributed by atoms with Gasteiger partial charge in [-0.15, -0.1) is 0 Å². The molecule has 2 saturated heterocycles. The number of amides is 2. The molecule has 2 aliphatic heterocycles. The molecule has 2 N–H and O–H groups in total. The number of nitrogens with zero attached hydrogens (tertiary/aromatic N) is 1. The van der Waals surface area contributed by atoms with E-state index in [9.17, 15) is 9.59 Å². The average molecular weight is 286 g/mol. The van der Waals surface area contributed by atoms with Crippen LogP contribution in [0.25, 0.3) is 0 Å². The fourth-order valence-corrected chi connectivity index (χ4v) is 3.98. The molecule has 2 heterocycles. The number of piperidine rings is 1. The summed E-state index contributed by atoms with van der Waals surface area (Å²) in [6.45, 7) is 2.07. The van der Waals surface area contributed by atoms with Crippen LogP contribution in [-0.2, 0) is 4.79 Å². The van der Waals surface area contributed by atoms with Crippen LogP contribution in [0.3, 0.4) is 0 Å². The van der Waals surface area contributed by atoms with E-state index in [4.69, 9.17) is 5.11 Å². The van der Waals surface area contributed by atoms with Crippen molar-refractivity contribution in [2.45, 2.75) is 37.4 Å². The molecule has 2 atom stereocenters. The van der Waals surface area contributed by atoms with Crippen LogP contribution in [0.1, 0.15) is 32.1 Å². The predicted molar refractivity (Wildman–Crippen MR) is 75.4 cm³/mol. The molecule has 0 aliphatic carbocycles. The fourth-order valence-electron chi connectivity index (χ4n) is 2.78. The Kier molecular flexibility index (Phi) is 5.36. The molecule has 0 bridgehead atoms. The molecular formula is C13H22N2O3S. The summed E-state index contributed by atoms with van der Waals surface area (Å²) >= 11 is 1.93. The van der Waals surface area contributed by atoms with Gasteiger partial charge in [-0.3, -0.25) is 4.79 Å². The molecule has 108 valence electrons. The maximum Gasteiger partial charge on any atom is 0.317 e. The number of carbonyl (C=O) groups excluding carboxylic acids is 1. The van der Waals surface area contributed by atoms with Crippen molar-refractivity contribution in [2.75, 3.05) is 25.4 Å². The van der Waals surface area contributed by atoms with E-state index in [1.807, 2.05) is 11.8 Å². The zero-order valence-electron chi connectivity index (χ0n) is 11.1. The van der Waals surface area contributed by atoms with Crippen molar-refractivity contribution in [1.29, 1.82) is 0 Å². The SMILES string of the molecule is O=C(O)CC1CCCN(C(=O)NCC2CCCS2)C1. The molecular weight excluding hydrogens is 264 g/mol. The lowest BCUT2D eigenvalue weighted by molar-refractivity contribution is -0.138. The van der Waals surface area contributed by atoms with Crippen molar-refractivity contribution in [3.8, 4) is 0 Å². The lowest BCUT2D eigenvalue weighted by Gasteiger charge is -2.32. The molecule has 2 rings (SSSR count). The number of likely N-dealkylation sites (tertiary alicyclic amines) is 1. The molecule has 0 saturated carbocycles. The van der Waals surface area contributed by atoms with Crippen molar-refractivity contribution in [1.82, 2.24) is 10.2 Å². The van der Waals surface area contributed by atoms with E-state index in [-0.39, 0.29) is 18.4 Å². The Bertz CT molecular complexity index is 332. The van der Waals surface area contributed by atoms with Gasteiger partial charge in [0.05, 0.1) is 0 Å². The average Bonchev–Trinajstić information content (AvgIpc) is 2.88. The number of nitrogens with one attached hydrogen (secondary N) is 1. The molecule has 2 unspecified atom stereocenters. The molecule has 0 aromatic heterocycles. The highest BCUT2D eigenvalue weighted by Gasteiger charge is 2.25. The van der Waals surface area contributed by atoms with E-state index in [1.54, 1.807) is 4.90 Å². The number of rotatable bonds is 4. The minimum Gasteiger partial charge on any atom is -0.481 e. The Morgan fingerprint density at radius 1 is 1.32 bits per heavy atom. The van der Waals surface area contributed by atoms with Crippen LogP contribution in [0.15, 0.2) is 0 Å². The first-order valence-corrected chi connectivity index (χ1v) is 8.06. The molecule has 0 aromatic rings. The first-order valence-electron chi connectivity index (χ1n) is 7.01. The monoisotopic (exact) mass is 286 g/mol. The van der Waals surface area contributed by atoms with Gasteiger partial charge >= 0.3 is 12.0 Å². The Morgan fingerprint density at radius 3 is 2.84 bits per heavy atom. The molecule has 6 heteroatoms. The molecule has 0 aromatic carbocycles. The zero-order valence-corrected chi connectivity index (χ0v) is 12.0. The number of carboxylic acid groups (broad SMARTS) is 1. The maximum absolute atomic E-state index is 12.0. The minimum atomic E-state index is -0.769. The number of thioether (sulfide) groups is 1. The Hall–Kier alpha value is -0.910. The topological polar surface area (TPSA) is 69.6 Å². The second kappa shape index (κ2) is 7.03. The zero-order chi connectivity index (χ0) is 13.7. The van der Waals surface area contributed by atoms with Gasteiger partial charge in [0.1, 0.15) is 0 Å². The minimum absolute atomic E-state index is 0.0254. The first kappa shape index (κ1) is 14.5. The summed E-state index contributed by atoms with van der Waals surface area (Å²) in [5.41, 5.74) is 0. The van der Waals surface area contributed by atoms with E-state index in [0.717, 1.165) is 25.9 Å². The number of aliphatic carboxylic acids is 1. The molecule has 0 spiro atoms. The summed E-state index contributed by atoms with van der Waals surface area (Å²) in [4.78, 5) is 24.5. The molecule has 19 heavy (non-hydrogen) atoms. The number of carboxylic acids is 1. The smallest absolute Gasteiger partial charge is 0.317 e. The van der Waals surface area contributed by atoms with E-state index < -0.39 is 5.97 Å². The highest BCUT2D eigenvalue weighted by atomic mass is 32.2. The van der Waals surface area contributed by atoms with Gasteiger partial charge in [-0.25, -0.2) is 4.79 Å². The fraction of sp³-hybridized carbons (Fsp3) is 0.846.